The van der Waals surface area contributed by atoms with Gasteiger partial charge in [0.25, 0.3) is 0 Å². The maximum Gasteiger partial charge on any atom is 0.167 e. The maximum absolute atomic E-state index is 14.1. The molecular weight excluding hydrogens is 285 g/mol. The van der Waals surface area contributed by atoms with Gasteiger partial charge >= 0.3 is 0 Å². The van der Waals surface area contributed by atoms with Gasteiger partial charge in [0.2, 0.25) is 0 Å². The molecule has 0 aliphatic heterocycles. The van der Waals surface area contributed by atoms with Crippen molar-refractivity contribution in [2.45, 2.75) is 12.4 Å². The molecule has 1 aromatic heterocycles. The minimum Gasteiger partial charge on any atom is -0.497 e. The molecule has 0 N–H and O–H groups in total. The number of alkyl halides is 1. The van der Waals surface area contributed by atoms with E-state index in [1.807, 2.05) is 0 Å². The van der Waals surface area contributed by atoms with Crippen LogP contribution in [0.25, 0.3) is 11.4 Å². The van der Waals surface area contributed by atoms with Crippen molar-refractivity contribution in [2.75, 3.05) is 20.8 Å². The molecule has 0 amide bonds. The Morgan fingerprint density at radius 1 is 1.30 bits per heavy atom. The molecule has 108 valence electrons. The third-order valence-electron chi connectivity index (χ3n) is 2.88. The predicted molar refractivity (Wildman–Crippen MR) is 73.4 cm³/mol. The largest absolute Gasteiger partial charge is 0.497 e. The van der Waals surface area contributed by atoms with Gasteiger partial charge in [-0.15, -0.1) is 21.8 Å². The van der Waals surface area contributed by atoms with Crippen LogP contribution in [0.4, 0.5) is 4.39 Å². The van der Waals surface area contributed by atoms with E-state index in [-0.39, 0.29) is 5.88 Å². The molecule has 20 heavy (non-hydrogen) atoms. The molecule has 2 rings (SSSR count). The fraction of sp³-hybridized carbons (Fsp3) is 0.385. The fourth-order valence-corrected chi connectivity index (χ4v) is 2.05. The first-order chi connectivity index (χ1) is 9.71. The molecule has 0 radical (unpaired) electrons. The first-order valence-electron chi connectivity index (χ1n) is 6.02. The number of methoxy groups -OCH3 is 2. The highest BCUT2D eigenvalue weighted by molar-refractivity contribution is 6.16. The van der Waals surface area contributed by atoms with Crippen LogP contribution in [0.5, 0.6) is 5.75 Å². The molecule has 0 saturated carbocycles. The van der Waals surface area contributed by atoms with Crippen molar-refractivity contribution in [3.63, 3.8) is 0 Å². The number of rotatable bonds is 6. The van der Waals surface area contributed by atoms with Crippen LogP contribution in [0.3, 0.4) is 0 Å². The van der Waals surface area contributed by atoms with Gasteiger partial charge in [-0.05, 0) is 12.1 Å². The zero-order chi connectivity index (χ0) is 14.5. The van der Waals surface area contributed by atoms with Crippen molar-refractivity contribution in [3.05, 3.63) is 29.8 Å². The Balaban J connectivity index is 2.43. The predicted octanol–water partition coefficient (Wildman–Crippen LogP) is 2.48. The first kappa shape index (κ1) is 14.7. The average molecular weight is 300 g/mol. The number of hydrogen-bond acceptors (Lipinski definition) is 4. The van der Waals surface area contributed by atoms with Gasteiger partial charge in [-0.2, -0.15) is 0 Å². The number of ether oxygens (including phenoxy) is 2. The van der Waals surface area contributed by atoms with E-state index in [0.29, 0.717) is 36.1 Å². The lowest BCUT2D eigenvalue weighted by Gasteiger charge is -2.10. The summed E-state index contributed by atoms with van der Waals surface area (Å²) in [6, 6.07) is 4.60. The van der Waals surface area contributed by atoms with Crippen molar-refractivity contribution in [3.8, 4) is 17.1 Å². The Hall–Kier alpha value is -1.66. The molecule has 7 heteroatoms. The fourth-order valence-electron chi connectivity index (χ4n) is 1.86. The van der Waals surface area contributed by atoms with Crippen LogP contribution in [0.2, 0.25) is 0 Å². The molecule has 0 aliphatic rings. The molecule has 0 aliphatic carbocycles. The number of aromatic nitrogens is 3. The zero-order valence-electron chi connectivity index (χ0n) is 11.3. The summed E-state index contributed by atoms with van der Waals surface area (Å²) in [5.74, 6) is 1.24. The molecule has 0 saturated heterocycles. The highest BCUT2D eigenvalue weighted by Gasteiger charge is 2.16. The van der Waals surface area contributed by atoms with E-state index in [9.17, 15) is 4.39 Å². The van der Waals surface area contributed by atoms with Crippen molar-refractivity contribution in [1.29, 1.82) is 0 Å². The monoisotopic (exact) mass is 299 g/mol. The molecule has 1 aromatic carbocycles. The smallest absolute Gasteiger partial charge is 0.167 e. The summed E-state index contributed by atoms with van der Waals surface area (Å²) < 4.78 is 25.9. The van der Waals surface area contributed by atoms with Crippen molar-refractivity contribution in [1.82, 2.24) is 14.8 Å². The van der Waals surface area contributed by atoms with Crippen molar-refractivity contribution in [2.24, 2.45) is 0 Å². The van der Waals surface area contributed by atoms with Crippen LogP contribution in [0, 0.1) is 5.82 Å². The minimum atomic E-state index is -0.420. The van der Waals surface area contributed by atoms with Crippen LogP contribution < -0.4 is 4.74 Å². The van der Waals surface area contributed by atoms with Gasteiger partial charge in [0.1, 0.15) is 17.4 Å². The van der Waals surface area contributed by atoms with E-state index >= 15 is 0 Å². The summed E-state index contributed by atoms with van der Waals surface area (Å²) in [7, 11) is 3.08. The third kappa shape index (κ3) is 2.91. The molecule has 0 atom stereocenters. The summed E-state index contributed by atoms with van der Waals surface area (Å²) in [5.41, 5.74) is 0.353. The summed E-state index contributed by atoms with van der Waals surface area (Å²) in [5, 5.41) is 7.99. The van der Waals surface area contributed by atoms with Crippen molar-refractivity contribution < 1.29 is 13.9 Å². The lowest BCUT2D eigenvalue weighted by atomic mass is 10.2. The summed E-state index contributed by atoms with van der Waals surface area (Å²) in [4.78, 5) is 0. The molecule has 0 fully saturated rings. The number of halogens is 2. The average Bonchev–Trinajstić information content (AvgIpc) is 2.87. The topological polar surface area (TPSA) is 49.2 Å². The van der Waals surface area contributed by atoms with E-state index in [2.05, 4.69) is 10.2 Å². The Morgan fingerprint density at radius 2 is 2.10 bits per heavy atom. The van der Waals surface area contributed by atoms with Crippen LogP contribution in [-0.2, 0) is 17.2 Å². The number of benzene rings is 1. The van der Waals surface area contributed by atoms with Gasteiger partial charge in [0.05, 0.1) is 25.2 Å². The Bertz CT molecular complexity index is 589. The SMILES string of the molecule is COCCn1c(CCl)nnc1-c1ccc(OC)cc1F. The highest BCUT2D eigenvalue weighted by atomic mass is 35.5. The second-order valence-electron chi connectivity index (χ2n) is 4.06. The lowest BCUT2D eigenvalue weighted by Crippen LogP contribution is -2.09. The van der Waals surface area contributed by atoms with Crippen molar-refractivity contribution >= 4 is 11.6 Å². The van der Waals surface area contributed by atoms with Gasteiger partial charge in [-0.1, -0.05) is 0 Å². The Labute approximate surface area is 121 Å². The normalized spacial score (nSPS) is 10.8. The molecule has 0 unspecified atom stereocenters. The van der Waals surface area contributed by atoms with Gasteiger partial charge in [-0.25, -0.2) is 4.39 Å². The van der Waals surface area contributed by atoms with Gasteiger partial charge < -0.3 is 14.0 Å². The first-order valence-corrected chi connectivity index (χ1v) is 6.55. The summed E-state index contributed by atoms with van der Waals surface area (Å²) in [6.45, 7) is 0.971. The molecule has 1 heterocycles. The quantitative estimate of drug-likeness (QED) is 0.769. The highest BCUT2D eigenvalue weighted by Crippen LogP contribution is 2.25. The molecular formula is C13H15ClFN3O2. The van der Waals surface area contributed by atoms with Gasteiger partial charge in [-0.3, -0.25) is 0 Å². The Morgan fingerprint density at radius 3 is 2.70 bits per heavy atom. The van der Waals surface area contributed by atoms with Crippen LogP contribution in [-0.4, -0.2) is 35.6 Å². The third-order valence-corrected chi connectivity index (χ3v) is 3.12. The maximum atomic E-state index is 14.1. The minimum absolute atomic E-state index is 0.203. The van der Waals surface area contributed by atoms with E-state index < -0.39 is 5.82 Å². The second-order valence-corrected chi connectivity index (χ2v) is 4.33. The molecule has 0 bridgehead atoms. The van der Waals surface area contributed by atoms with E-state index in [0.717, 1.165) is 0 Å². The molecule has 0 spiro atoms. The number of hydrogen-bond donors (Lipinski definition) is 0. The Kier molecular flexibility index (Phi) is 4.92. The van der Waals surface area contributed by atoms with Crippen LogP contribution >= 0.6 is 11.6 Å². The summed E-state index contributed by atoms with van der Waals surface area (Å²) >= 11 is 5.82. The second kappa shape index (κ2) is 6.67. The molecule has 2 aromatic rings. The summed E-state index contributed by atoms with van der Waals surface area (Å²) in [6.07, 6.45) is 0. The number of nitrogens with zero attached hydrogens (tertiary/aromatic N) is 3. The molecule has 5 nitrogen and oxygen atoms in total. The van der Waals surface area contributed by atoms with E-state index in [1.165, 1.54) is 13.2 Å². The van der Waals surface area contributed by atoms with E-state index in [4.69, 9.17) is 21.1 Å². The van der Waals surface area contributed by atoms with Crippen LogP contribution in [0.15, 0.2) is 18.2 Å². The van der Waals surface area contributed by atoms with Gasteiger partial charge in [0.15, 0.2) is 5.82 Å². The lowest BCUT2D eigenvalue weighted by molar-refractivity contribution is 0.187. The van der Waals surface area contributed by atoms with E-state index in [1.54, 1.807) is 23.8 Å². The van der Waals surface area contributed by atoms with Crippen LogP contribution in [0.1, 0.15) is 5.82 Å². The zero-order valence-corrected chi connectivity index (χ0v) is 12.0. The van der Waals surface area contributed by atoms with Gasteiger partial charge in [0, 0.05) is 19.7 Å². The standard InChI is InChI=1S/C13H15ClFN3O2/c1-19-6-5-18-12(8-14)16-17-13(18)10-4-3-9(20-2)7-11(10)15/h3-4,7H,5-6,8H2,1-2H3.